The minimum Gasteiger partial charge on any atom is -0.479 e. The first-order valence-electron chi connectivity index (χ1n) is 30.0. The Balaban J connectivity index is 1.06. The second-order valence-corrected chi connectivity index (χ2v) is 27.4. The van der Waals surface area contributed by atoms with Gasteiger partial charge in [-0.3, -0.25) is 4.79 Å². The van der Waals surface area contributed by atoms with E-state index in [0.29, 0.717) is 37.7 Å². The van der Waals surface area contributed by atoms with E-state index in [1.165, 1.54) is 6.92 Å². The molecule has 86 heavy (non-hydrogen) atoms. The molecule has 9 aliphatic rings. The summed E-state index contributed by atoms with van der Waals surface area (Å²) in [5, 5.41) is 156. The Labute approximate surface area is 498 Å². The Bertz CT molecular complexity index is 2510. The molecule has 9 rings (SSSR count). The first-order valence-corrected chi connectivity index (χ1v) is 30.0. The number of allylic oxidation sites excluding steroid dienone is 3. The molecule has 0 aromatic heterocycles. The fraction of sp³-hybridized carbons (Fsp3) is 0.881. The van der Waals surface area contributed by atoms with Gasteiger partial charge in [0, 0.05) is 23.3 Å². The molecule has 490 valence electrons. The minimum absolute atomic E-state index is 0.121. The van der Waals surface area contributed by atoms with E-state index >= 15 is 0 Å². The molecule has 0 radical (unpaired) electrons. The Morgan fingerprint density at radius 1 is 0.640 bits per heavy atom. The average Bonchev–Trinajstić information content (AvgIpc) is 0.675. The Morgan fingerprint density at radius 2 is 1.27 bits per heavy atom. The molecule has 27 nitrogen and oxygen atoms in total. The van der Waals surface area contributed by atoms with Crippen molar-refractivity contribution in [2.75, 3.05) is 33.0 Å². The minimum atomic E-state index is -2.26. The van der Waals surface area contributed by atoms with Gasteiger partial charge in [0.05, 0.1) is 50.7 Å². The second-order valence-electron chi connectivity index (χ2n) is 27.4. The molecule has 27 heteroatoms. The number of carboxylic acid groups (broad SMARTS) is 1. The third-order valence-corrected chi connectivity index (χ3v) is 22.4. The third kappa shape index (κ3) is 11.0. The summed E-state index contributed by atoms with van der Waals surface area (Å²) in [6.45, 7) is 13.6. The van der Waals surface area contributed by atoms with Gasteiger partial charge in [0.2, 0.25) is 0 Å². The lowest BCUT2D eigenvalue weighted by Gasteiger charge is -2.72. The molecule has 5 aliphatic carbocycles. The SMILES string of the molecule is C/C=C(\C)C(=O)O[C@@H]1[C@@H](OC(C)=O)[C@]2(CO)[C@@H](O)C[C@]3(C)C(=CC[C@@H]4[C@@]5(C)CC[C@H](O[C@H]6O[C@H](C(=O)O)[C@@H](O)[C@H](O[C@@H]7O[C@@H](CO)[C@H](O)[C@H](O)[C@H]7O)[C@@H]6O[C@H]6OC[C@H](O)[C@@H](O)[C@H]6O[C@H]6OC[C@@H](O)[C@@H](O)[C@@H]6O)[C@@](C)(CO)[C@@H]5CC[C@]43C)[C@@H]2CC1(C)C. The van der Waals surface area contributed by atoms with E-state index in [0.717, 1.165) is 5.57 Å². The van der Waals surface area contributed by atoms with Crippen LogP contribution in [0.25, 0.3) is 0 Å². The molecule has 0 amide bonds. The highest BCUT2D eigenvalue weighted by Crippen LogP contribution is 2.76. The van der Waals surface area contributed by atoms with Gasteiger partial charge in [0.1, 0.15) is 91.6 Å². The van der Waals surface area contributed by atoms with Crippen LogP contribution in [-0.2, 0) is 61.8 Å². The number of ether oxygens (including phenoxy) is 10. The zero-order chi connectivity index (χ0) is 63.3. The number of carboxylic acids is 1. The zero-order valence-electron chi connectivity index (χ0n) is 50.1. The van der Waals surface area contributed by atoms with Crippen molar-refractivity contribution in [2.24, 2.45) is 50.2 Å². The predicted molar refractivity (Wildman–Crippen MR) is 290 cm³/mol. The maximum Gasteiger partial charge on any atom is 0.335 e. The van der Waals surface area contributed by atoms with E-state index < -0.39 is 224 Å². The number of rotatable bonds is 15. The van der Waals surface area contributed by atoms with Gasteiger partial charge in [0.15, 0.2) is 31.3 Å². The average molecular weight is 1230 g/mol. The van der Waals surface area contributed by atoms with Gasteiger partial charge < -0.3 is 119 Å². The number of esters is 2. The standard InChI is InChI=1S/C59H92O27/c1-10-24(2)49(76)86-46-47(79-25(3)63)59(23-62)27(17-54(46,4)5)26-11-12-32-55(6)15-14-34(56(7,22-61)31(55)13-16-57(32,8)58(26,9)18-33(59)66)81-53-45(85-52-44(36(68)29(65)21-78-52)84-50-39(71)35(67)28(64)20-77-50)42(41(73)43(83-53)48(74)75)82-51-40(72)38(70)37(69)30(19-60)80-51/h10-11,27-47,50-53,60-62,64-73H,12-23H2,1-9H3,(H,74,75)/b24-10+/t27-,28+,29-,30-,31+,32+,33-,34-,35+,36+,37-,38-,39-,40+,41-,42-,43-,44+,45-,46+,47+,50+,51-,52+,53-,55-,56-,57+,58+,59-/m0/s1. The van der Waals surface area contributed by atoms with Gasteiger partial charge in [-0.15, -0.1) is 0 Å². The van der Waals surface area contributed by atoms with E-state index in [1.54, 1.807) is 19.9 Å². The van der Waals surface area contributed by atoms with E-state index in [9.17, 15) is 85.9 Å². The molecule has 8 fully saturated rings. The van der Waals surface area contributed by atoms with E-state index in [-0.39, 0.29) is 24.7 Å². The number of carbonyl (C=O) groups is 3. The van der Waals surface area contributed by atoms with Gasteiger partial charge in [0.25, 0.3) is 0 Å². The van der Waals surface area contributed by atoms with Crippen LogP contribution in [0.2, 0.25) is 0 Å². The van der Waals surface area contributed by atoms with Gasteiger partial charge in [-0.25, -0.2) is 9.59 Å². The molecule has 0 spiro atoms. The van der Waals surface area contributed by atoms with Gasteiger partial charge in [-0.1, -0.05) is 59.3 Å². The maximum absolute atomic E-state index is 13.5. The number of fused-ring (bicyclic) bond motifs is 7. The van der Waals surface area contributed by atoms with Crippen LogP contribution >= 0.6 is 0 Å². The summed E-state index contributed by atoms with van der Waals surface area (Å²) in [6, 6.07) is 0. The highest BCUT2D eigenvalue weighted by Gasteiger charge is 2.74. The quantitative estimate of drug-likeness (QED) is 0.0357. The summed E-state index contributed by atoms with van der Waals surface area (Å²) in [6.07, 6.45) is -32.4. The Kier molecular flexibility index (Phi) is 19.5. The molecule has 4 heterocycles. The van der Waals surface area contributed by atoms with E-state index in [2.05, 4.69) is 26.8 Å². The van der Waals surface area contributed by atoms with Crippen molar-refractivity contribution in [1.82, 2.24) is 0 Å². The third-order valence-electron chi connectivity index (χ3n) is 22.4. The first kappa shape index (κ1) is 67.4. The second kappa shape index (κ2) is 24.9. The largest absolute Gasteiger partial charge is 0.479 e. The molecular formula is C59H92O27. The molecule has 0 unspecified atom stereocenters. The van der Waals surface area contributed by atoms with Gasteiger partial charge >= 0.3 is 17.9 Å². The Morgan fingerprint density at radius 3 is 1.88 bits per heavy atom. The number of aliphatic hydroxyl groups excluding tert-OH is 13. The van der Waals surface area contributed by atoms with Crippen LogP contribution in [0.5, 0.6) is 0 Å². The number of aliphatic carboxylic acids is 1. The summed E-state index contributed by atoms with van der Waals surface area (Å²) in [5.41, 5.74) is -4.02. The fourth-order valence-electron chi connectivity index (χ4n) is 17.1. The van der Waals surface area contributed by atoms with Crippen LogP contribution in [-0.4, -0.2) is 257 Å². The number of hydrogen-bond donors (Lipinski definition) is 14. The van der Waals surface area contributed by atoms with Crippen LogP contribution < -0.4 is 0 Å². The lowest BCUT2D eigenvalue weighted by atomic mass is 9.33. The first-order chi connectivity index (χ1) is 40.3. The number of carbonyl (C=O) groups excluding carboxylic acids is 2. The molecule has 4 saturated carbocycles. The summed E-state index contributed by atoms with van der Waals surface area (Å²) in [4.78, 5) is 39.6. The van der Waals surface area contributed by atoms with Gasteiger partial charge in [-0.05, 0) is 92.8 Å². The van der Waals surface area contributed by atoms with Crippen molar-refractivity contribution in [1.29, 1.82) is 0 Å². The lowest BCUT2D eigenvalue weighted by Crippen LogP contribution is -2.72. The van der Waals surface area contributed by atoms with Gasteiger partial charge in [-0.2, -0.15) is 0 Å². The molecule has 30 atom stereocenters. The molecule has 0 bridgehead atoms. The normalized spacial score (nSPS) is 51.2. The highest BCUT2D eigenvalue weighted by molar-refractivity contribution is 5.87. The van der Waals surface area contributed by atoms with Crippen molar-refractivity contribution in [3.05, 3.63) is 23.3 Å². The molecule has 4 saturated heterocycles. The topological polar surface area (TPSA) is 427 Å². The van der Waals surface area contributed by atoms with Crippen molar-refractivity contribution in [3.8, 4) is 0 Å². The van der Waals surface area contributed by atoms with E-state index in [1.807, 2.05) is 20.8 Å². The van der Waals surface area contributed by atoms with Crippen molar-refractivity contribution < 1.29 is 133 Å². The van der Waals surface area contributed by atoms with Crippen LogP contribution in [0.15, 0.2) is 23.3 Å². The van der Waals surface area contributed by atoms with Crippen LogP contribution in [0, 0.1) is 50.2 Å². The summed E-state index contributed by atoms with van der Waals surface area (Å²) < 4.78 is 60.8. The molecular weight excluding hydrogens is 1140 g/mol. The predicted octanol–water partition coefficient (Wildman–Crippen LogP) is -2.22. The van der Waals surface area contributed by atoms with E-state index in [4.69, 9.17) is 47.4 Å². The molecule has 0 aromatic rings. The van der Waals surface area contributed by atoms with Crippen LogP contribution in [0.1, 0.15) is 107 Å². The zero-order valence-corrected chi connectivity index (χ0v) is 50.1. The smallest absolute Gasteiger partial charge is 0.335 e. The van der Waals surface area contributed by atoms with Crippen LogP contribution in [0.3, 0.4) is 0 Å². The number of hydrogen-bond acceptors (Lipinski definition) is 26. The van der Waals surface area contributed by atoms with Crippen molar-refractivity contribution >= 4 is 17.9 Å². The van der Waals surface area contributed by atoms with Crippen molar-refractivity contribution in [3.63, 3.8) is 0 Å². The van der Waals surface area contributed by atoms with Crippen molar-refractivity contribution in [2.45, 2.75) is 242 Å². The monoisotopic (exact) mass is 1230 g/mol. The Hall–Kier alpha value is -2.95. The fourth-order valence-corrected chi connectivity index (χ4v) is 17.1. The molecule has 4 aliphatic heterocycles. The maximum atomic E-state index is 13.5. The lowest BCUT2D eigenvalue weighted by molar-refractivity contribution is -0.400. The molecule has 14 N–H and O–H groups in total. The highest BCUT2D eigenvalue weighted by atomic mass is 16.8. The summed E-state index contributed by atoms with van der Waals surface area (Å²) in [5.74, 6) is -4.03. The van der Waals surface area contributed by atoms with Crippen LogP contribution in [0.4, 0.5) is 0 Å². The number of aliphatic hydroxyl groups is 13. The molecule has 0 aromatic carbocycles. The summed E-state index contributed by atoms with van der Waals surface area (Å²) >= 11 is 0. The summed E-state index contributed by atoms with van der Waals surface area (Å²) in [7, 11) is 0.